The summed E-state index contributed by atoms with van der Waals surface area (Å²) in [6.07, 6.45) is 1.78. The summed E-state index contributed by atoms with van der Waals surface area (Å²) in [7, 11) is 1.94. The van der Waals surface area contributed by atoms with Crippen LogP contribution in [0.1, 0.15) is 29.0 Å². The highest BCUT2D eigenvalue weighted by Crippen LogP contribution is 2.28. The van der Waals surface area contributed by atoms with E-state index in [2.05, 4.69) is 23.7 Å². The highest BCUT2D eigenvalue weighted by Gasteiger charge is 2.15. The molecule has 0 bridgehead atoms. The summed E-state index contributed by atoms with van der Waals surface area (Å²) in [5.74, 6) is -0.351. The van der Waals surface area contributed by atoms with Gasteiger partial charge in [0, 0.05) is 10.9 Å². The van der Waals surface area contributed by atoms with Crippen LogP contribution in [0, 0.1) is 5.82 Å². The van der Waals surface area contributed by atoms with E-state index < -0.39 is 0 Å². The second-order valence-electron chi connectivity index (χ2n) is 4.46. The zero-order valence-electron chi connectivity index (χ0n) is 11.0. The standard InChI is InChI=1S/C15H17ClFNS/c1-3-11-6-7-19-15(11)14(18-2)9-10-4-5-12(16)13(17)8-10/h4-8,14,18H,3,9H2,1-2H3. The van der Waals surface area contributed by atoms with Crippen LogP contribution in [0.2, 0.25) is 5.02 Å². The molecule has 0 spiro atoms. The monoisotopic (exact) mass is 297 g/mol. The van der Waals surface area contributed by atoms with Crippen LogP contribution in [0.15, 0.2) is 29.6 Å². The molecule has 0 radical (unpaired) electrons. The molecule has 102 valence electrons. The van der Waals surface area contributed by atoms with Gasteiger partial charge in [0.2, 0.25) is 0 Å². The lowest BCUT2D eigenvalue weighted by atomic mass is 10.0. The van der Waals surface area contributed by atoms with Crippen LogP contribution < -0.4 is 5.32 Å². The van der Waals surface area contributed by atoms with Gasteiger partial charge in [-0.3, -0.25) is 0 Å². The van der Waals surface area contributed by atoms with E-state index in [4.69, 9.17) is 11.6 Å². The van der Waals surface area contributed by atoms with Crippen molar-refractivity contribution < 1.29 is 4.39 Å². The van der Waals surface area contributed by atoms with Crippen molar-refractivity contribution in [1.29, 1.82) is 0 Å². The van der Waals surface area contributed by atoms with Crippen molar-refractivity contribution in [2.45, 2.75) is 25.8 Å². The number of thiophene rings is 1. The number of hydrogen-bond donors (Lipinski definition) is 1. The molecule has 0 saturated carbocycles. The van der Waals surface area contributed by atoms with Crippen molar-refractivity contribution >= 4 is 22.9 Å². The van der Waals surface area contributed by atoms with Crippen LogP contribution in [-0.2, 0) is 12.8 Å². The Labute approximate surface area is 122 Å². The van der Waals surface area contributed by atoms with Crippen LogP contribution in [0.5, 0.6) is 0 Å². The van der Waals surface area contributed by atoms with Gasteiger partial charge >= 0.3 is 0 Å². The van der Waals surface area contributed by atoms with Gasteiger partial charge in [0.05, 0.1) is 5.02 Å². The minimum absolute atomic E-state index is 0.176. The maximum absolute atomic E-state index is 13.5. The van der Waals surface area contributed by atoms with E-state index in [9.17, 15) is 4.39 Å². The fraction of sp³-hybridized carbons (Fsp3) is 0.333. The lowest BCUT2D eigenvalue weighted by Gasteiger charge is -2.17. The van der Waals surface area contributed by atoms with Gasteiger partial charge in [-0.25, -0.2) is 4.39 Å². The molecule has 1 heterocycles. The number of rotatable bonds is 5. The summed E-state index contributed by atoms with van der Waals surface area (Å²) in [5.41, 5.74) is 2.32. The second kappa shape index (κ2) is 6.51. The molecule has 1 aromatic carbocycles. The first-order valence-corrected chi connectivity index (χ1v) is 7.59. The van der Waals surface area contributed by atoms with Gasteiger partial charge in [-0.1, -0.05) is 24.6 Å². The number of hydrogen-bond acceptors (Lipinski definition) is 2. The molecule has 1 nitrogen and oxygen atoms in total. The lowest BCUT2D eigenvalue weighted by molar-refractivity contribution is 0.589. The molecular formula is C15H17ClFNS. The van der Waals surface area contributed by atoms with Crippen LogP contribution in [0.25, 0.3) is 0 Å². The van der Waals surface area contributed by atoms with E-state index in [0.29, 0.717) is 0 Å². The number of aryl methyl sites for hydroxylation is 1. The van der Waals surface area contributed by atoms with Gasteiger partial charge in [0.1, 0.15) is 5.82 Å². The third-order valence-electron chi connectivity index (χ3n) is 3.25. The first-order chi connectivity index (χ1) is 9.15. The van der Waals surface area contributed by atoms with E-state index >= 15 is 0 Å². The van der Waals surface area contributed by atoms with E-state index in [0.717, 1.165) is 18.4 Å². The zero-order valence-corrected chi connectivity index (χ0v) is 12.6. The molecule has 0 amide bonds. The fourth-order valence-electron chi connectivity index (χ4n) is 2.17. The normalized spacial score (nSPS) is 12.6. The van der Waals surface area contributed by atoms with Gasteiger partial charge in [-0.2, -0.15) is 0 Å². The summed E-state index contributed by atoms with van der Waals surface area (Å²) >= 11 is 7.46. The SMILES string of the molecule is CCc1ccsc1C(Cc1ccc(Cl)c(F)c1)NC. The molecule has 19 heavy (non-hydrogen) atoms. The number of benzene rings is 1. The maximum atomic E-state index is 13.5. The third kappa shape index (κ3) is 3.35. The summed E-state index contributed by atoms with van der Waals surface area (Å²) in [4.78, 5) is 1.33. The lowest BCUT2D eigenvalue weighted by Crippen LogP contribution is -2.19. The fourth-order valence-corrected chi connectivity index (χ4v) is 3.40. The minimum atomic E-state index is -0.351. The Bertz CT molecular complexity index is 553. The van der Waals surface area contributed by atoms with Gasteiger partial charge in [0.25, 0.3) is 0 Å². The molecule has 2 rings (SSSR count). The highest BCUT2D eigenvalue weighted by atomic mass is 35.5. The Morgan fingerprint density at radius 1 is 1.37 bits per heavy atom. The Hall–Kier alpha value is -0.900. The van der Waals surface area contributed by atoms with Crippen LogP contribution in [-0.4, -0.2) is 7.05 Å². The van der Waals surface area contributed by atoms with E-state index in [1.807, 2.05) is 13.1 Å². The molecule has 4 heteroatoms. The highest BCUT2D eigenvalue weighted by molar-refractivity contribution is 7.10. The first kappa shape index (κ1) is 14.5. The first-order valence-electron chi connectivity index (χ1n) is 6.33. The maximum Gasteiger partial charge on any atom is 0.142 e. The zero-order chi connectivity index (χ0) is 13.8. The molecule has 0 aliphatic rings. The van der Waals surface area contributed by atoms with Crippen molar-refractivity contribution in [3.05, 3.63) is 56.5 Å². The van der Waals surface area contributed by atoms with Crippen molar-refractivity contribution in [3.63, 3.8) is 0 Å². The summed E-state index contributed by atoms with van der Waals surface area (Å²) in [6, 6.07) is 7.40. The summed E-state index contributed by atoms with van der Waals surface area (Å²) < 4.78 is 13.5. The van der Waals surface area contributed by atoms with Gasteiger partial charge < -0.3 is 5.32 Å². The molecule has 1 atom stereocenters. The average Bonchev–Trinajstić information content (AvgIpc) is 2.88. The predicted molar refractivity (Wildman–Crippen MR) is 80.6 cm³/mol. The Balaban J connectivity index is 2.21. The quantitative estimate of drug-likeness (QED) is 0.850. The van der Waals surface area contributed by atoms with Crippen molar-refractivity contribution in [2.24, 2.45) is 0 Å². The smallest absolute Gasteiger partial charge is 0.142 e. The van der Waals surface area contributed by atoms with E-state index in [-0.39, 0.29) is 16.9 Å². The van der Waals surface area contributed by atoms with Gasteiger partial charge in [-0.05, 0) is 54.6 Å². The molecule has 0 aliphatic heterocycles. The molecule has 0 aliphatic carbocycles. The largest absolute Gasteiger partial charge is 0.312 e. The van der Waals surface area contributed by atoms with Crippen molar-refractivity contribution in [2.75, 3.05) is 7.05 Å². The predicted octanol–water partition coefficient (Wildman–Crippen LogP) is 4.61. The Kier molecular flexibility index (Phi) is 4.97. The number of halogens is 2. The van der Waals surface area contributed by atoms with E-state index in [1.165, 1.54) is 16.5 Å². The number of nitrogens with one attached hydrogen (secondary N) is 1. The molecular weight excluding hydrogens is 281 g/mol. The van der Waals surface area contributed by atoms with Gasteiger partial charge in [0.15, 0.2) is 0 Å². The van der Waals surface area contributed by atoms with Crippen LogP contribution in [0.4, 0.5) is 4.39 Å². The second-order valence-corrected chi connectivity index (χ2v) is 5.81. The summed E-state index contributed by atoms with van der Waals surface area (Å²) in [6.45, 7) is 2.15. The molecule has 1 aromatic heterocycles. The average molecular weight is 298 g/mol. The Morgan fingerprint density at radius 3 is 2.79 bits per heavy atom. The minimum Gasteiger partial charge on any atom is -0.312 e. The van der Waals surface area contributed by atoms with E-state index in [1.54, 1.807) is 17.4 Å². The van der Waals surface area contributed by atoms with Gasteiger partial charge in [-0.15, -0.1) is 11.3 Å². The molecule has 2 aromatic rings. The van der Waals surface area contributed by atoms with Crippen LogP contribution in [0.3, 0.4) is 0 Å². The summed E-state index contributed by atoms with van der Waals surface area (Å²) in [5, 5.41) is 5.60. The molecule has 1 unspecified atom stereocenters. The van der Waals surface area contributed by atoms with Crippen molar-refractivity contribution in [1.82, 2.24) is 5.32 Å². The van der Waals surface area contributed by atoms with Crippen LogP contribution >= 0.6 is 22.9 Å². The molecule has 0 fully saturated rings. The topological polar surface area (TPSA) is 12.0 Å². The third-order valence-corrected chi connectivity index (χ3v) is 4.63. The van der Waals surface area contributed by atoms with Crippen molar-refractivity contribution in [3.8, 4) is 0 Å². The molecule has 1 N–H and O–H groups in total. The number of likely N-dealkylation sites (N-methyl/N-ethyl adjacent to an activating group) is 1. The molecule has 0 saturated heterocycles. The Morgan fingerprint density at radius 2 is 2.16 bits per heavy atom.